The molecule has 100 valence electrons. The molecule has 0 saturated carbocycles. The summed E-state index contributed by atoms with van der Waals surface area (Å²) in [5.74, 6) is 0.0108. The predicted molar refractivity (Wildman–Crippen MR) is 80.1 cm³/mol. The third-order valence-corrected chi connectivity index (χ3v) is 4.34. The maximum absolute atomic E-state index is 13.0. The van der Waals surface area contributed by atoms with Crippen LogP contribution in [0.25, 0.3) is 0 Å². The SMILES string of the molecule is CC(C)C(C)(C)CNC(=O)c1ccc(F)cc1I. The average Bonchev–Trinajstić information content (AvgIpc) is 2.25. The molecule has 0 aromatic heterocycles. The average molecular weight is 363 g/mol. The first-order chi connectivity index (χ1) is 8.24. The largest absolute Gasteiger partial charge is 0.351 e. The summed E-state index contributed by atoms with van der Waals surface area (Å²) < 4.78 is 13.6. The summed E-state index contributed by atoms with van der Waals surface area (Å²) in [6.45, 7) is 9.11. The van der Waals surface area contributed by atoms with Crippen molar-refractivity contribution in [3.63, 3.8) is 0 Å². The van der Waals surface area contributed by atoms with Crippen molar-refractivity contribution in [2.24, 2.45) is 11.3 Å². The van der Waals surface area contributed by atoms with E-state index >= 15 is 0 Å². The second-order valence-electron chi connectivity index (χ2n) is 5.45. The van der Waals surface area contributed by atoms with Crippen LogP contribution in [0, 0.1) is 20.7 Å². The highest BCUT2D eigenvalue weighted by molar-refractivity contribution is 14.1. The van der Waals surface area contributed by atoms with Crippen molar-refractivity contribution < 1.29 is 9.18 Å². The molecule has 1 rings (SSSR count). The molecule has 4 heteroatoms. The molecule has 0 aliphatic carbocycles. The smallest absolute Gasteiger partial charge is 0.252 e. The van der Waals surface area contributed by atoms with Crippen molar-refractivity contribution in [3.05, 3.63) is 33.1 Å². The molecular formula is C14H19FINO. The van der Waals surface area contributed by atoms with E-state index in [0.29, 0.717) is 21.6 Å². The Kier molecular flexibility index (Phi) is 5.13. The maximum atomic E-state index is 13.0. The van der Waals surface area contributed by atoms with Crippen LogP contribution in [0.2, 0.25) is 0 Å². The highest BCUT2D eigenvalue weighted by Crippen LogP contribution is 2.25. The summed E-state index contributed by atoms with van der Waals surface area (Å²) in [5.41, 5.74) is 0.567. The van der Waals surface area contributed by atoms with Gasteiger partial charge in [0.1, 0.15) is 5.82 Å². The number of carbonyl (C=O) groups excluding carboxylic acids is 1. The zero-order valence-electron chi connectivity index (χ0n) is 11.2. The van der Waals surface area contributed by atoms with Crippen LogP contribution in [-0.4, -0.2) is 12.5 Å². The lowest BCUT2D eigenvalue weighted by Crippen LogP contribution is -2.37. The molecule has 0 aliphatic rings. The molecule has 0 fully saturated rings. The molecule has 1 aromatic rings. The minimum Gasteiger partial charge on any atom is -0.351 e. The third-order valence-electron chi connectivity index (χ3n) is 3.44. The van der Waals surface area contributed by atoms with Gasteiger partial charge in [-0.25, -0.2) is 4.39 Å². The minimum atomic E-state index is -0.321. The van der Waals surface area contributed by atoms with Crippen LogP contribution in [0.4, 0.5) is 4.39 Å². The first-order valence-corrected chi connectivity index (χ1v) is 7.05. The summed E-state index contributed by atoms with van der Waals surface area (Å²) in [4.78, 5) is 12.0. The van der Waals surface area contributed by atoms with E-state index in [9.17, 15) is 9.18 Å². The highest BCUT2D eigenvalue weighted by Gasteiger charge is 2.23. The molecule has 2 nitrogen and oxygen atoms in total. The number of rotatable bonds is 4. The summed E-state index contributed by atoms with van der Waals surface area (Å²) in [5, 5.41) is 2.91. The number of hydrogen-bond donors (Lipinski definition) is 1. The van der Waals surface area contributed by atoms with Crippen LogP contribution >= 0.6 is 22.6 Å². The highest BCUT2D eigenvalue weighted by atomic mass is 127. The second kappa shape index (κ2) is 5.99. The van der Waals surface area contributed by atoms with Crippen molar-refractivity contribution in [1.29, 1.82) is 0 Å². The monoisotopic (exact) mass is 363 g/mol. The van der Waals surface area contributed by atoms with Gasteiger partial charge in [-0.2, -0.15) is 0 Å². The Hall–Kier alpha value is -0.650. The summed E-state index contributed by atoms with van der Waals surface area (Å²) in [6, 6.07) is 4.20. The molecule has 0 unspecified atom stereocenters. The molecule has 1 N–H and O–H groups in total. The molecule has 0 aliphatic heterocycles. The van der Waals surface area contributed by atoms with Gasteiger partial charge in [0.2, 0.25) is 0 Å². The van der Waals surface area contributed by atoms with Crippen molar-refractivity contribution in [3.8, 4) is 0 Å². The van der Waals surface area contributed by atoms with Gasteiger partial charge in [-0.1, -0.05) is 27.7 Å². The quantitative estimate of drug-likeness (QED) is 0.810. The molecule has 1 amide bonds. The Morgan fingerprint density at radius 2 is 2.06 bits per heavy atom. The van der Waals surface area contributed by atoms with Crippen molar-refractivity contribution in [1.82, 2.24) is 5.32 Å². The molecule has 18 heavy (non-hydrogen) atoms. The van der Waals surface area contributed by atoms with E-state index in [-0.39, 0.29) is 17.1 Å². The van der Waals surface area contributed by atoms with Gasteiger partial charge in [0.25, 0.3) is 5.91 Å². The Morgan fingerprint density at radius 3 is 2.56 bits per heavy atom. The molecule has 0 bridgehead atoms. The van der Waals surface area contributed by atoms with Gasteiger partial charge in [0.05, 0.1) is 5.56 Å². The number of hydrogen-bond acceptors (Lipinski definition) is 1. The van der Waals surface area contributed by atoms with E-state index in [4.69, 9.17) is 0 Å². The van der Waals surface area contributed by atoms with Crippen LogP contribution in [0.3, 0.4) is 0 Å². The fraction of sp³-hybridized carbons (Fsp3) is 0.500. The lowest BCUT2D eigenvalue weighted by atomic mass is 9.81. The second-order valence-corrected chi connectivity index (χ2v) is 6.61. The Morgan fingerprint density at radius 1 is 1.44 bits per heavy atom. The number of carbonyl (C=O) groups is 1. The van der Waals surface area contributed by atoms with Gasteiger partial charge >= 0.3 is 0 Å². The predicted octanol–water partition coefficient (Wildman–Crippen LogP) is 3.84. The van der Waals surface area contributed by atoms with Crippen LogP contribution in [-0.2, 0) is 0 Å². The zero-order chi connectivity index (χ0) is 13.9. The lowest BCUT2D eigenvalue weighted by molar-refractivity contribution is 0.0924. The van der Waals surface area contributed by atoms with Crippen LogP contribution in [0.5, 0.6) is 0 Å². The Labute approximate surface area is 121 Å². The molecule has 0 heterocycles. The standard InChI is InChI=1S/C14H19FINO/c1-9(2)14(3,4)8-17-13(18)11-6-5-10(15)7-12(11)16/h5-7,9H,8H2,1-4H3,(H,17,18). The number of benzene rings is 1. The molecule has 0 radical (unpaired) electrons. The Balaban J connectivity index is 2.72. The number of amides is 1. The summed E-state index contributed by atoms with van der Waals surface area (Å²) >= 11 is 1.97. The van der Waals surface area contributed by atoms with Crippen LogP contribution in [0.15, 0.2) is 18.2 Å². The molecule has 0 saturated heterocycles. The van der Waals surface area contributed by atoms with E-state index in [1.54, 1.807) is 0 Å². The summed E-state index contributed by atoms with van der Waals surface area (Å²) in [7, 11) is 0. The van der Waals surface area contributed by atoms with Gasteiger partial charge in [-0.05, 0) is 52.1 Å². The molecule has 0 spiro atoms. The van der Waals surface area contributed by atoms with Gasteiger partial charge in [-0.3, -0.25) is 4.79 Å². The van der Waals surface area contributed by atoms with Crippen LogP contribution in [0.1, 0.15) is 38.1 Å². The fourth-order valence-corrected chi connectivity index (χ4v) is 2.00. The first kappa shape index (κ1) is 15.4. The number of halogens is 2. The van der Waals surface area contributed by atoms with Crippen molar-refractivity contribution >= 4 is 28.5 Å². The number of nitrogens with one attached hydrogen (secondary N) is 1. The fourth-order valence-electron chi connectivity index (χ4n) is 1.28. The van der Waals surface area contributed by atoms with Crippen molar-refractivity contribution in [2.45, 2.75) is 27.7 Å². The van der Waals surface area contributed by atoms with Gasteiger partial charge < -0.3 is 5.32 Å². The van der Waals surface area contributed by atoms with E-state index in [1.807, 2.05) is 22.6 Å². The molecular weight excluding hydrogens is 344 g/mol. The molecule has 1 aromatic carbocycles. The Bertz CT molecular complexity index is 443. The van der Waals surface area contributed by atoms with Crippen LogP contribution < -0.4 is 5.32 Å². The van der Waals surface area contributed by atoms with E-state index in [2.05, 4.69) is 33.0 Å². The lowest BCUT2D eigenvalue weighted by Gasteiger charge is -2.29. The van der Waals surface area contributed by atoms with E-state index < -0.39 is 0 Å². The normalized spacial score (nSPS) is 11.7. The van der Waals surface area contributed by atoms with Gasteiger partial charge in [0, 0.05) is 10.1 Å². The van der Waals surface area contributed by atoms with Gasteiger partial charge in [-0.15, -0.1) is 0 Å². The maximum Gasteiger partial charge on any atom is 0.252 e. The third kappa shape index (κ3) is 3.93. The topological polar surface area (TPSA) is 29.1 Å². The van der Waals surface area contributed by atoms with E-state index in [1.165, 1.54) is 18.2 Å². The van der Waals surface area contributed by atoms with Crippen molar-refractivity contribution in [2.75, 3.05) is 6.54 Å². The molecule has 0 atom stereocenters. The summed E-state index contributed by atoms with van der Waals surface area (Å²) in [6.07, 6.45) is 0. The minimum absolute atomic E-state index is 0.0428. The van der Waals surface area contributed by atoms with E-state index in [0.717, 1.165) is 0 Å². The first-order valence-electron chi connectivity index (χ1n) is 5.97. The van der Waals surface area contributed by atoms with Gasteiger partial charge in [0.15, 0.2) is 0 Å². The zero-order valence-corrected chi connectivity index (χ0v) is 13.3.